The Balaban J connectivity index is 5.25. The van der Waals surface area contributed by atoms with Crippen molar-refractivity contribution in [2.75, 3.05) is 39.6 Å². The molecule has 0 aromatic carbocycles. The fraction of sp³-hybridized carbons (Fsp3) is 0.935. The first-order valence-electron chi connectivity index (χ1n) is 32.2. The summed E-state index contributed by atoms with van der Waals surface area (Å²) in [7, 11) is -9.88. The highest BCUT2D eigenvalue weighted by Crippen LogP contribution is 2.45. The van der Waals surface area contributed by atoms with Crippen molar-refractivity contribution in [3.05, 3.63) is 0 Å². The summed E-state index contributed by atoms with van der Waals surface area (Å²) in [6, 6.07) is 0. The van der Waals surface area contributed by atoms with Gasteiger partial charge in [-0.15, -0.1) is 0 Å². The molecule has 0 aromatic rings. The number of phosphoric ester groups is 2. The smallest absolute Gasteiger partial charge is 0.462 e. The normalized spacial score (nSPS) is 14.8. The van der Waals surface area contributed by atoms with E-state index in [4.69, 9.17) is 37.0 Å². The number of aliphatic hydroxyl groups is 1. The van der Waals surface area contributed by atoms with Gasteiger partial charge in [0, 0.05) is 25.7 Å². The number of phosphoric acid groups is 2. The second kappa shape index (κ2) is 52.4. The average molecular weight is 1200 g/mol. The number of unbranched alkanes of at least 4 members (excludes halogenated alkanes) is 24. The van der Waals surface area contributed by atoms with Crippen LogP contribution in [0.15, 0.2) is 0 Å². The molecular weight excluding hydrogens is 1080 g/mol. The van der Waals surface area contributed by atoms with Gasteiger partial charge in [-0.25, -0.2) is 9.13 Å². The number of hydrogen-bond acceptors (Lipinski definition) is 15. The Morgan fingerprint density at radius 3 is 0.877 bits per heavy atom. The van der Waals surface area contributed by atoms with E-state index in [2.05, 4.69) is 55.4 Å². The second-order valence-electron chi connectivity index (χ2n) is 24.1. The summed E-state index contributed by atoms with van der Waals surface area (Å²) < 4.78 is 67.8. The van der Waals surface area contributed by atoms with Gasteiger partial charge in [0.2, 0.25) is 0 Å². The average Bonchev–Trinajstić information content (AvgIpc) is 3.41. The Morgan fingerprint density at radius 2 is 0.593 bits per heavy atom. The van der Waals surface area contributed by atoms with E-state index in [0.717, 1.165) is 115 Å². The third kappa shape index (κ3) is 55.7. The molecule has 0 spiro atoms. The minimum atomic E-state index is -4.94. The third-order valence-electron chi connectivity index (χ3n) is 14.4. The Labute approximate surface area is 492 Å². The molecule has 0 amide bonds. The molecule has 0 aromatic heterocycles. The highest BCUT2D eigenvalue weighted by molar-refractivity contribution is 7.47. The summed E-state index contributed by atoms with van der Waals surface area (Å²) in [4.78, 5) is 72.0. The van der Waals surface area contributed by atoms with Crippen molar-refractivity contribution < 1.29 is 80.2 Å². The Morgan fingerprint density at radius 1 is 0.346 bits per heavy atom. The van der Waals surface area contributed by atoms with Crippen LogP contribution in [0.2, 0.25) is 0 Å². The molecule has 0 bridgehead atoms. The monoisotopic (exact) mass is 1200 g/mol. The summed E-state index contributed by atoms with van der Waals surface area (Å²) in [5.41, 5.74) is 0. The molecule has 0 fully saturated rings. The van der Waals surface area contributed by atoms with E-state index in [1.165, 1.54) is 83.5 Å². The van der Waals surface area contributed by atoms with Crippen LogP contribution in [0.3, 0.4) is 0 Å². The van der Waals surface area contributed by atoms with Crippen LogP contribution in [0.1, 0.15) is 293 Å². The molecule has 0 heterocycles. The van der Waals surface area contributed by atoms with Gasteiger partial charge in [0.15, 0.2) is 12.2 Å². The second-order valence-corrected chi connectivity index (χ2v) is 27.0. The van der Waals surface area contributed by atoms with Gasteiger partial charge >= 0.3 is 39.5 Å². The minimum absolute atomic E-state index is 0.101. The minimum Gasteiger partial charge on any atom is -0.462 e. The van der Waals surface area contributed by atoms with Crippen molar-refractivity contribution in [1.29, 1.82) is 0 Å². The summed E-state index contributed by atoms with van der Waals surface area (Å²) in [6.45, 7) is 13.8. The van der Waals surface area contributed by atoms with E-state index in [-0.39, 0.29) is 25.7 Å². The maximum Gasteiger partial charge on any atom is 0.472 e. The Kier molecular flexibility index (Phi) is 51.1. The van der Waals surface area contributed by atoms with E-state index >= 15 is 0 Å². The van der Waals surface area contributed by atoms with Crippen molar-refractivity contribution in [2.24, 2.45) is 23.7 Å². The molecular formula is C62H120O17P2. The van der Waals surface area contributed by atoms with E-state index in [1.54, 1.807) is 0 Å². The van der Waals surface area contributed by atoms with E-state index in [9.17, 15) is 43.2 Å². The number of esters is 4. The van der Waals surface area contributed by atoms with Crippen LogP contribution in [0, 0.1) is 23.7 Å². The molecule has 0 radical (unpaired) electrons. The van der Waals surface area contributed by atoms with Crippen LogP contribution in [0.25, 0.3) is 0 Å². The largest absolute Gasteiger partial charge is 0.472 e. The van der Waals surface area contributed by atoms with Gasteiger partial charge in [-0.3, -0.25) is 37.3 Å². The highest BCUT2D eigenvalue weighted by atomic mass is 31.2. The predicted octanol–water partition coefficient (Wildman–Crippen LogP) is 16.6. The predicted molar refractivity (Wildman–Crippen MR) is 321 cm³/mol. The van der Waals surface area contributed by atoms with Crippen LogP contribution in [-0.4, -0.2) is 96.7 Å². The van der Waals surface area contributed by atoms with Crippen LogP contribution < -0.4 is 0 Å². The number of carbonyl (C=O) groups is 4. The molecule has 19 heteroatoms. The Bertz CT molecular complexity index is 1630. The zero-order valence-electron chi connectivity index (χ0n) is 52.4. The molecule has 6 atom stereocenters. The molecule has 0 saturated heterocycles. The lowest BCUT2D eigenvalue weighted by molar-refractivity contribution is -0.161. The molecule has 0 aliphatic carbocycles. The molecule has 480 valence electrons. The highest BCUT2D eigenvalue weighted by Gasteiger charge is 2.30. The lowest BCUT2D eigenvalue weighted by Gasteiger charge is -2.21. The summed E-state index contributed by atoms with van der Waals surface area (Å²) in [6.07, 6.45) is 31.1. The van der Waals surface area contributed by atoms with Gasteiger partial charge in [0.05, 0.1) is 26.4 Å². The van der Waals surface area contributed by atoms with Crippen LogP contribution in [0.5, 0.6) is 0 Å². The first kappa shape index (κ1) is 79.1. The van der Waals surface area contributed by atoms with Crippen LogP contribution >= 0.6 is 15.6 Å². The van der Waals surface area contributed by atoms with Crippen molar-refractivity contribution in [1.82, 2.24) is 0 Å². The van der Waals surface area contributed by atoms with Crippen molar-refractivity contribution in [3.63, 3.8) is 0 Å². The standard InChI is InChI=1S/C62H120O17P2/c1-9-55(8)41-33-25-18-21-29-37-45-62(67)79-58(49-73-60(65)43-35-27-20-17-24-32-40-54(6)7)51-77-81(70,71)75-47-56(63)46-74-80(68,69)76-50-57(48-72-59(64)42-34-26-19-16-23-31-39-53(4)5)78-61(66)44-36-28-15-13-11-10-12-14-22-30-38-52(2)3/h52-58,63H,9-51H2,1-8H3,(H,68,69)(H,70,71)/t55?,56-,57-,58-/m1/s1. The molecule has 0 aliphatic rings. The molecule has 17 nitrogen and oxygen atoms in total. The molecule has 0 saturated carbocycles. The fourth-order valence-corrected chi connectivity index (χ4v) is 10.6. The number of hydrogen-bond donors (Lipinski definition) is 3. The fourth-order valence-electron chi connectivity index (χ4n) is 9.04. The van der Waals surface area contributed by atoms with Crippen LogP contribution in [0.4, 0.5) is 0 Å². The van der Waals surface area contributed by atoms with E-state index < -0.39 is 97.5 Å². The van der Waals surface area contributed by atoms with Crippen molar-refractivity contribution in [3.8, 4) is 0 Å². The third-order valence-corrected chi connectivity index (χ3v) is 16.3. The molecule has 3 unspecified atom stereocenters. The van der Waals surface area contributed by atoms with Crippen molar-refractivity contribution >= 4 is 39.5 Å². The summed E-state index contributed by atoms with van der Waals surface area (Å²) in [5.74, 6) is 0.684. The topological polar surface area (TPSA) is 237 Å². The SMILES string of the molecule is CCC(C)CCCCCCCCC(=O)O[C@H](COC(=O)CCCCCCCCC(C)C)COP(=O)(O)OC[C@H](O)COP(=O)(O)OC[C@@H](COC(=O)CCCCCCCCC(C)C)OC(=O)CCCCCCCCCCCCC(C)C. The zero-order valence-corrected chi connectivity index (χ0v) is 54.2. The molecule has 0 rings (SSSR count). The number of aliphatic hydroxyl groups excluding tert-OH is 1. The first-order chi connectivity index (χ1) is 38.6. The van der Waals surface area contributed by atoms with E-state index in [0.29, 0.717) is 37.5 Å². The van der Waals surface area contributed by atoms with Crippen LogP contribution in [-0.2, 0) is 65.4 Å². The lowest BCUT2D eigenvalue weighted by atomic mass is 10.00. The molecule has 3 N–H and O–H groups in total. The van der Waals surface area contributed by atoms with Gasteiger partial charge < -0.3 is 33.8 Å². The number of rotatable bonds is 59. The zero-order chi connectivity index (χ0) is 60.4. The Hall–Kier alpha value is -1.94. The van der Waals surface area contributed by atoms with Gasteiger partial charge in [-0.2, -0.15) is 0 Å². The maximum absolute atomic E-state index is 12.9. The van der Waals surface area contributed by atoms with Gasteiger partial charge in [-0.05, 0) is 49.4 Å². The quantitative estimate of drug-likeness (QED) is 0.0222. The molecule has 81 heavy (non-hydrogen) atoms. The maximum atomic E-state index is 12.9. The van der Waals surface area contributed by atoms with Gasteiger partial charge in [0.25, 0.3) is 0 Å². The lowest BCUT2D eigenvalue weighted by Crippen LogP contribution is -2.30. The first-order valence-corrected chi connectivity index (χ1v) is 35.2. The summed E-state index contributed by atoms with van der Waals surface area (Å²) >= 11 is 0. The van der Waals surface area contributed by atoms with E-state index in [1.807, 2.05) is 0 Å². The molecule has 0 aliphatic heterocycles. The number of ether oxygens (including phenoxy) is 4. The van der Waals surface area contributed by atoms with Crippen molar-refractivity contribution in [2.45, 2.75) is 311 Å². The van der Waals surface area contributed by atoms with Gasteiger partial charge in [0.1, 0.15) is 19.3 Å². The number of carbonyl (C=O) groups excluding carboxylic acids is 4. The van der Waals surface area contributed by atoms with Gasteiger partial charge in [-0.1, -0.05) is 242 Å². The summed E-state index contributed by atoms with van der Waals surface area (Å²) in [5, 5.41) is 10.5.